The highest BCUT2D eigenvalue weighted by atomic mass is 79.9. The lowest BCUT2D eigenvalue weighted by Gasteiger charge is -2.28. The molecule has 1 N–H and O–H groups in total. The summed E-state index contributed by atoms with van der Waals surface area (Å²) in [6, 6.07) is 0. The lowest BCUT2D eigenvalue weighted by Crippen LogP contribution is -2.31. The van der Waals surface area contributed by atoms with Gasteiger partial charge in [0.05, 0.1) is 6.10 Å². The zero-order chi connectivity index (χ0) is 6.85. The van der Waals surface area contributed by atoms with E-state index in [9.17, 15) is 5.11 Å². The first-order valence-corrected chi connectivity index (χ1v) is 4.45. The molecule has 9 heavy (non-hydrogen) atoms. The van der Waals surface area contributed by atoms with Crippen LogP contribution in [0.4, 0.5) is 0 Å². The van der Waals surface area contributed by atoms with Crippen molar-refractivity contribution < 1.29 is 5.11 Å². The first-order chi connectivity index (χ1) is 4.22. The second-order valence-corrected chi connectivity index (χ2v) is 4.09. The van der Waals surface area contributed by atoms with Crippen molar-refractivity contribution in [2.24, 2.45) is 5.92 Å². The summed E-state index contributed by atoms with van der Waals surface area (Å²) in [6.45, 7) is 2.11. The average Bonchev–Trinajstić information content (AvgIpc) is 1.83. The topological polar surface area (TPSA) is 20.2 Å². The highest BCUT2D eigenvalue weighted by molar-refractivity contribution is 9.09. The molecule has 1 saturated carbocycles. The third-order valence-corrected chi connectivity index (χ3v) is 3.09. The molecule has 0 spiro atoms. The molecule has 0 aliphatic heterocycles. The zero-order valence-electron chi connectivity index (χ0n) is 5.68. The lowest BCUT2D eigenvalue weighted by atomic mass is 9.88. The average molecular weight is 193 g/mol. The largest absolute Gasteiger partial charge is 0.392 e. The number of alkyl halides is 1. The van der Waals surface area contributed by atoms with Gasteiger partial charge in [-0.1, -0.05) is 29.3 Å². The molecule has 0 saturated heterocycles. The second kappa shape index (κ2) is 3.02. The van der Waals surface area contributed by atoms with Crippen LogP contribution >= 0.6 is 15.9 Å². The van der Waals surface area contributed by atoms with Crippen LogP contribution in [0, 0.1) is 5.92 Å². The highest BCUT2D eigenvalue weighted by Gasteiger charge is 2.26. The van der Waals surface area contributed by atoms with Crippen molar-refractivity contribution in [1.82, 2.24) is 0 Å². The Balaban J connectivity index is 2.41. The normalized spacial score (nSPS) is 45.0. The van der Waals surface area contributed by atoms with Crippen LogP contribution in [0.15, 0.2) is 0 Å². The Morgan fingerprint density at radius 3 is 2.56 bits per heavy atom. The molecule has 0 amide bonds. The summed E-state index contributed by atoms with van der Waals surface area (Å²) in [5.41, 5.74) is 0. The van der Waals surface area contributed by atoms with E-state index < -0.39 is 0 Å². The van der Waals surface area contributed by atoms with Gasteiger partial charge >= 0.3 is 0 Å². The Kier molecular flexibility index (Phi) is 2.53. The number of aliphatic hydroxyl groups excluding tert-OH is 1. The Morgan fingerprint density at radius 2 is 2.11 bits per heavy atom. The van der Waals surface area contributed by atoms with Gasteiger partial charge in [0.15, 0.2) is 0 Å². The first-order valence-electron chi connectivity index (χ1n) is 3.54. The molecule has 0 aromatic rings. The van der Waals surface area contributed by atoms with E-state index in [1.165, 1.54) is 12.8 Å². The molecule has 0 heterocycles. The maximum absolute atomic E-state index is 9.40. The van der Waals surface area contributed by atoms with E-state index in [0.29, 0.717) is 10.7 Å². The van der Waals surface area contributed by atoms with Gasteiger partial charge in [0.2, 0.25) is 0 Å². The van der Waals surface area contributed by atoms with Crippen LogP contribution in [0.1, 0.15) is 26.2 Å². The van der Waals surface area contributed by atoms with E-state index in [1.54, 1.807) is 0 Å². The van der Waals surface area contributed by atoms with Gasteiger partial charge in [-0.05, 0) is 18.8 Å². The summed E-state index contributed by atoms with van der Waals surface area (Å²) in [4.78, 5) is 0.348. The third kappa shape index (κ3) is 1.68. The minimum Gasteiger partial charge on any atom is -0.392 e. The van der Waals surface area contributed by atoms with Crippen LogP contribution in [-0.4, -0.2) is 16.0 Å². The van der Waals surface area contributed by atoms with Gasteiger partial charge in [-0.25, -0.2) is 0 Å². The van der Waals surface area contributed by atoms with Gasteiger partial charge in [0.25, 0.3) is 0 Å². The fraction of sp³-hybridized carbons (Fsp3) is 1.00. The minimum absolute atomic E-state index is 0.112. The summed E-state index contributed by atoms with van der Waals surface area (Å²) in [7, 11) is 0. The van der Waals surface area contributed by atoms with Crippen molar-refractivity contribution in [3.63, 3.8) is 0 Å². The van der Waals surface area contributed by atoms with Crippen LogP contribution in [0.5, 0.6) is 0 Å². The monoisotopic (exact) mass is 192 g/mol. The first kappa shape index (κ1) is 7.55. The van der Waals surface area contributed by atoms with E-state index >= 15 is 0 Å². The number of hydrogen-bond donors (Lipinski definition) is 1. The molecule has 0 radical (unpaired) electrons. The van der Waals surface area contributed by atoms with Gasteiger partial charge in [-0.2, -0.15) is 0 Å². The molecule has 1 rings (SSSR count). The summed E-state index contributed by atoms with van der Waals surface area (Å²) >= 11 is 3.44. The summed E-state index contributed by atoms with van der Waals surface area (Å²) in [5, 5.41) is 9.40. The summed E-state index contributed by atoms with van der Waals surface area (Å²) in [5.74, 6) is 0.489. The predicted molar refractivity (Wildman–Crippen MR) is 41.7 cm³/mol. The molecule has 54 valence electrons. The Bertz CT molecular complexity index is 84.9. The van der Waals surface area contributed by atoms with Crippen molar-refractivity contribution in [3.8, 4) is 0 Å². The second-order valence-electron chi connectivity index (χ2n) is 2.91. The van der Waals surface area contributed by atoms with E-state index in [-0.39, 0.29) is 6.10 Å². The Hall–Kier alpha value is 0.440. The number of aliphatic hydroxyl groups is 1. The van der Waals surface area contributed by atoms with E-state index in [2.05, 4.69) is 22.9 Å². The lowest BCUT2D eigenvalue weighted by molar-refractivity contribution is 0.0876. The Labute approximate surface area is 64.6 Å². The quantitative estimate of drug-likeness (QED) is 0.583. The molecule has 3 atom stereocenters. The molecular formula is C7H13BrO. The van der Waals surface area contributed by atoms with Gasteiger partial charge in [-0.15, -0.1) is 0 Å². The molecule has 1 nitrogen and oxygen atoms in total. The molecular weight excluding hydrogens is 180 g/mol. The van der Waals surface area contributed by atoms with Gasteiger partial charge in [0, 0.05) is 4.83 Å². The van der Waals surface area contributed by atoms with Crippen LogP contribution < -0.4 is 0 Å². The van der Waals surface area contributed by atoms with Gasteiger partial charge in [-0.3, -0.25) is 0 Å². The fourth-order valence-electron chi connectivity index (χ4n) is 1.33. The molecule has 3 unspecified atom stereocenters. The fourth-order valence-corrected chi connectivity index (χ4v) is 2.18. The standard InChI is InChI=1S/C7H13BrO/c1-5-3-2-4-6(8)7(5)9/h5-7,9H,2-4H2,1H3. The predicted octanol–water partition coefficient (Wildman–Crippen LogP) is 1.93. The van der Waals surface area contributed by atoms with E-state index in [1.807, 2.05) is 0 Å². The van der Waals surface area contributed by atoms with Crippen LogP contribution in [0.25, 0.3) is 0 Å². The molecule has 1 aliphatic carbocycles. The minimum atomic E-state index is -0.112. The van der Waals surface area contributed by atoms with Crippen molar-refractivity contribution in [3.05, 3.63) is 0 Å². The van der Waals surface area contributed by atoms with Crippen molar-refractivity contribution in [2.45, 2.75) is 37.1 Å². The van der Waals surface area contributed by atoms with Crippen LogP contribution in [0.3, 0.4) is 0 Å². The maximum Gasteiger partial charge on any atom is 0.0690 e. The number of rotatable bonds is 0. The molecule has 0 bridgehead atoms. The third-order valence-electron chi connectivity index (χ3n) is 2.09. The number of hydrogen-bond acceptors (Lipinski definition) is 1. The van der Waals surface area contributed by atoms with Crippen molar-refractivity contribution >= 4 is 15.9 Å². The molecule has 1 fully saturated rings. The SMILES string of the molecule is CC1CCCC(Br)C1O. The van der Waals surface area contributed by atoms with E-state index in [0.717, 1.165) is 6.42 Å². The summed E-state index contributed by atoms with van der Waals surface area (Å²) < 4.78 is 0. The zero-order valence-corrected chi connectivity index (χ0v) is 7.26. The van der Waals surface area contributed by atoms with Crippen molar-refractivity contribution in [1.29, 1.82) is 0 Å². The molecule has 1 aliphatic rings. The highest BCUT2D eigenvalue weighted by Crippen LogP contribution is 2.28. The number of halogens is 1. The summed E-state index contributed by atoms with van der Waals surface area (Å²) in [6.07, 6.45) is 3.46. The maximum atomic E-state index is 9.40. The smallest absolute Gasteiger partial charge is 0.0690 e. The Morgan fingerprint density at radius 1 is 1.44 bits per heavy atom. The molecule has 0 aromatic carbocycles. The van der Waals surface area contributed by atoms with Gasteiger partial charge < -0.3 is 5.11 Å². The van der Waals surface area contributed by atoms with Crippen LogP contribution in [-0.2, 0) is 0 Å². The van der Waals surface area contributed by atoms with Gasteiger partial charge in [0.1, 0.15) is 0 Å². The van der Waals surface area contributed by atoms with E-state index in [4.69, 9.17) is 0 Å². The molecule has 0 aromatic heterocycles. The van der Waals surface area contributed by atoms with Crippen molar-refractivity contribution in [2.75, 3.05) is 0 Å². The molecule has 2 heteroatoms. The van der Waals surface area contributed by atoms with Crippen LogP contribution in [0.2, 0.25) is 0 Å².